The van der Waals surface area contributed by atoms with Gasteiger partial charge in [0.05, 0.1) is 22.5 Å². The van der Waals surface area contributed by atoms with E-state index < -0.39 is 0 Å². The second kappa shape index (κ2) is 12.8. The fourth-order valence-electron chi connectivity index (χ4n) is 3.40. The number of benzene rings is 2. The molecule has 0 saturated carbocycles. The molecule has 2 aromatic carbocycles. The van der Waals surface area contributed by atoms with Crippen LogP contribution in [0.15, 0.2) is 66.3 Å². The highest BCUT2D eigenvalue weighted by molar-refractivity contribution is 7.99. The van der Waals surface area contributed by atoms with Crippen molar-refractivity contribution in [2.75, 3.05) is 11.1 Å². The molecule has 3 rings (SSSR count). The fourth-order valence-corrected chi connectivity index (χ4v) is 4.61. The smallest absolute Gasteiger partial charge is 0.251 e. The molecule has 7 nitrogen and oxygen atoms in total. The van der Waals surface area contributed by atoms with Crippen molar-refractivity contribution in [2.45, 2.75) is 38.0 Å². The maximum absolute atomic E-state index is 12.9. The zero-order chi connectivity index (χ0) is 25.4. The fraction of sp³-hybridized carbons (Fsp3) is 0.280. The number of amides is 2. The molecule has 1 unspecified atom stereocenters. The Balaban J connectivity index is 1.76. The van der Waals surface area contributed by atoms with E-state index in [9.17, 15) is 9.59 Å². The van der Waals surface area contributed by atoms with Gasteiger partial charge in [-0.25, -0.2) is 0 Å². The van der Waals surface area contributed by atoms with Gasteiger partial charge in [-0.3, -0.25) is 9.59 Å². The summed E-state index contributed by atoms with van der Waals surface area (Å²) in [5.41, 5.74) is 1.05. The summed E-state index contributed by atoms with van der Waals surface area (Å²) >= 11 is 13.3. The van der Waals surface area contributed by atoms with Crippen LogP contribution < -0.4 is 10.6 Å². The Bertz CT molecular complexity index is 1180. The number of halogens is 2. The Morgan fingerprint density at radius 1 is 1.14 bits per heavy atom. The standard InChI is InChI=1S/C25H27Cl2N5O2S/c1-4-12-32-23(21(13-16(2)3)29-24(34)17-8-6-5-7-9-17)30-31-25(32)35-15-22(33)28-20-11-10-18(26)14-19(20)27/h4-11,14,16,21H,1,12-13,15H2,2-3H3,(H,28,33)(H,29,34). The summed E-state index contributed by atoms with van der Waals surface area (Å²) in [6.07, 6.45) is 2.41. The van der Waals surface area contributed by atoms with Gasteiger partial charge in [-0.2, -0.15) is 0 Å². The normalized spacial score (nSPS) is 11.8. The van der Waals surface area contributed by atoms with Gasteiger partial charge in [0.2, 0.25) is 5.91 Å². The molecule has 2 N–H and O–H groups in total. The maximum atomic E-state index is 12.9. The van der Waals surface area contributed by atoms with E-state index in [4.69, 9.17) is 23.2 Å². The lowest BCUT2D eigenvalue weighted by atomic mass is 10.0. The van der Waals surface area contributed by atoms with Crippen LogP contribution in [0, 0.1) is 5.92 Å². The van der Waals surface area contributed by atoms with Gasteiger partial charge in [0, 0.05) is 17.1 Å². The summed E-state index contributed by atoms with van der Waals surface area (Å²) in [7, 11) is 0. The van der Waals surface area contributed by atoms with Crippen molar-refractivity contribution in [2.24, 2.45) is 5.92 Å². The molecule has 0 bridgehead atoms. The van der Waals surface area contributed by atoms with E-state index in [1.807, 2.05) is 22.8 Å². The number of rotatable bonds is 11. The quantitative estimate of drug-likeness (QED) is 0.233. The summed E-state index contributed by atoms with van der Waals surface area (Å²) in [5, 5.41) is 16.0. The molecule has 1 atom stereocenters. The molecule has 35 heavy (non-hydrogen) atoms. The second-order valence-electron chi connectivity index (χ2n) is 8.22. The van der Waals surface area contributed by atoms with Gasteiger partial charge in [0.15, 0.2) is 11.0 Å². The second-order valence-corrected chi connectivity index (χ2v) is 10.0. The summed E-state index contributed by atoms with van der Waals surface area (Å²) in [6.45, 7) is 8.43. The third-order valence-electron chi connectivity index (χ3n) is 4.95. The average molecular weight is 532 g/mol. The molecule has 2 amide bonds. The van der Waals surface area contributed by atoms with Gasteiger partial charge in [-0.05, 0) is 42.7 Å². The molecule has 0 aliphatic carbocycles. The SMILES string of the molecule is C=CCn1c(SCC(=O)Nc2ccc(Cl)cc2Cl)nnc1C(CC(C)C)NC(=O)c1ccccc1. The van der Waals surface area contributed by atoms with Gasteiger partial charge in [-0.15, -0.1) is 16.8 Å². The number of aromatic nitrogens is 3. The highest BCUT2D eigenvalue weighted by Crippen LogP contribution is 2.27. The van der Waals surface area contributed by atoms with Crippen molar-refractivity contribution in [3.8, 4) is 0 Å². The molecular formula is C25H27Cl2N5O2S. The molecule has 1 aromatic heterocycles. The van der Waals surface area contributed by atoms with Crippen molar-refractivity contribution in [3.63, 3.8) is 0 Å². The molecule has 0 spiro atoms. The highest BCUT2D eigenvalue weighted by atomic mass is 35.5. The van der Waals surface area contributed by atoms with Crippen LogP contribution in [0.4, 0.5) is 5.69 Å². The van der Waals surface area contributed by atoms with E-state index in [0.29, 0.717) is 51.2 Å². The van der Waals surface area contributed by atoms with Gasteiger partial charge in [0.25, 0.3) is 5.91 Å². The Labute approximate surface area is 219 Å². The minimum absolute atomic E-state index is 0.0967. The van der Waals surface area contributed by atoms with E-state index in [1.54, 1.807) is 36.4 Å². The van der Waals surface area contributed by atoms with E-state index in [-0.39, 0.29) is 23.6 Å². The Hall–Kier alpha value is -2.81. The van der Waals surface area contributed by atoms with Crippen molar-refractivity contribution >= 4 is 52.5 Å². The van der Waals surface area contributed by atoms with Crippen LogP contribution in [-0.2, 0) is 11.3 Å². The molecule has 3 aromatic rings. The third kappa shape index (κ3) is 7.59. The molecule has 0 aliphatic rings. The number of allylic oxidation sites excluding steroid dienone is 1. The molecular weight excluding hydrogens is 505 g/mol. The number of carbonyl (C=O) groups is 2. The predicted octanol–water partition coefficient (Wildman–Crippen LogP) is 6.02. The predicted molar refractivity (Wildman–Crippen MR) is 142 cm³/mol. The van der Waals surface area contributed by atoms with Crippen molar-refractivity contribution in [3.05, 3.63) is 82.6 Å². The van der Waals surface area contributed by atoms with Crippen LogP contribution in [0.1, 0.15) is 42.5 Å². The number of hydrogen-bond acceptors (Lipinski definition) is 5. The molecule has 10 heteroatoms. The molecule has 0 fully saturated rings. The van der Waals surface area contributed by atoms with Crippen molar-refractivity contribution in [1.29, 1.82) is 0 Å². The van der Waals surface area contributed by atoms with Crippen LogP contribution in [0.25, 0.3) is 0 Å². The summed E-state index contributed by atoms with van der Waals surface area (Å²) in [5.74, 6) is 0.588. The molecule has 0 aliphatic heterocycles. The van der Waals surface area contributed by atoms with E-state index in [0.717, 1.165) is 0 Å². The lowest BCUT2D eigenvalue weighted by Crippen LogP contribution is -2.31. The molecule has 1 heterocycles. The zero-order valence-corrected chi connectivity index (χ0v) is 21.8. The van der Waals surface area contributed by atoms with Gasteiger partial charge >= 0.3 is 0 Å². The van der Waals surface area contributed by atoms with Crippen LogP contribution in [0.3, 0.4) is 0 Å². The number of carbonyl (C=O) groups excluding carboxylic acids is 2. The summed E-state index contributed by atoms with van der Waals surface area (Å²) in [6, 6.07) is 13.6. The first kappa shape index (κ1) is 26.8. The topological polar surface area (TPSA) is 88.9 Å². The maximum Gasteiger partial charge on any atom is 0.251 e. The van der Waals surface area contributed by atoms with Crippen LogP contribution in [0.5, 0.6) is 0 Å². The van der Waals surface area contributed by atoms with Crippen molar-refractivity contribution < 1.29 is 9.59 Å². The van der Waals surface area contributed by atoms with Gasteiger partial charge in [0.1, 0.15) is 0 Å². The number of anilines is 1. The van der Waals surface area contributed by atoms with Crippen LogP contribution in [0.2, 0.25) is 10.0 Å². The lowest BCUT2D eigenvalue weighted by Gasteiger charge is -2.21. The van der Waals surface area contributed by atoms with Crippen LogP contribution in [-0.4, -0.2) is 32.3 Å². The van der Waals surface area contributed by atoms with E-state index in [1.165, 1.54) is 11.8 Å². The number of thioether (sulfide) groups is 1. The average Bonchev–Trinajstić information content (AvgIpc) is 3.22. The Kier molecular flexibility index (Phi) is 9.77. The highest BCUT2D eigenvalue weighted by Gasteiger charge is 2.24. The van der Waals surface area contributed by atoms with Gasteiger partial charge < -0.3 is 15.2 Å². The minimum atomic E-state index is -0.355. The van der Waals surface area contributed by atoms with Crippen LogP contribution >= 0.6 is 35.0 Å². The Morgan fingerprint density at radius 2 is 1.89 bits per heavy atom. The number of nitrogens with zero attached hydrogens (tertiary/aromatic N) is 3. The monoisotopic (exact) mass is 531 g/mol. The number of nitrogens with one attached hydrogen (secondary N) is 2. The largest absolute Gasteiger partial charge is 0.342 e. The third-order valence-corrected chi connectivity index (χ3v) is 6.47. The van der Waals surface area contributed by atoms with Crippen molar-refractivity contribution in [1.82, 2.24) is 20.1 Å². The Morgan fingerprint density at radius 3 is 2.54 bits per heavy atom. The van der Waals surface area contributed by atoms with E-state index in [2.05, 4.69) is 41.3 Å². The molecule has 184 valence electrons. The molecule has 0 radical (unpaired) electrons. The summed E-state index contributed by atoms with van der Waals surface area (Å²) < 4.78 is 1.87. The lowest BCUT2D eigenvalue weighted by molar-refractivity contribution is -0.113. The van der Waals surface area contributed by atoms with Gasteiger partial charge in [-0.1, -0.05) is 73.1 Å². The first-order valence-electron chi connectivity index (χ1n) is 11.1. The minimum Gasteiger partial charge on any atom is -0.342 e. The molecule has 0 saturated heterocycles. The zero-order valence-electron chi connectivity index (χ0n) is 19.5. The summed E-state index contributed by atoms with van der Waals surface area (Å²) in [4.78, 5) is 25.4. The number of hydrogen-bond donors (Lipinski definition) is 2. The first-order chi connectivity index (χ1) is 16.8. The van der Waals surface area contributed by atoms with E-state index >= 15 is 0 Å². The first-order valence-corrected chi connectivity index (χ1v) is 12.8.